The van der Waals surface area contributed by atoms with Gasteiger partial charge in [0.25, 0.3) is 5.56 Å². The summed E-state index contributed by atoms with van der Waals surface area (Å²) in [6.45, 7) is 8.68. The van der Waals surface area contributed by atoms with Crippen LogP contribution in [0.25, 0.3) is 10.9 Å². The lowest BCUT2D eigenvalue weighted by Crippen LogP contribution is -2.58. The number of hydrogen-bond donors (Lipinski definition) is 4. The van der Waals surface area contributed by atoms with E-state index in [1.54, 1.807) is 22.8 Å². The number of nitrogens with one attached hydrogen (secondary N) is 2. The Labute approximate surface area is 261 Å². The number of rotatable bonds is 8. The third kappa shape index (κ3) is 5.84. The van der Waals surface area contributed by atoms with Gasteiger partial charge in [-0.15, -0.1) is 0 Å². The standard InChI is InChI=1S/C32H40Cl2N6O3/c1-18-25-12-20(32(25,2)3)13-27(18)37-31(39-16-23(42)17-39)36-22-6-7-24-28(15-22)38-30(35-9-11-41)40(29(24)43)10-8-19-4-5-21(33)14-26(19)34/h4-7,14-15,18,20,23,25,27,41-42H,8-13,16-17H2,1-3H3,(H,35,38)(H,36,37). The zero-order chi connectivity index (χ0) is 30.5. The molecule has 1 aliphatic heterocycles. The highest BCUT2D eigenvalue weighted by Crippen LogP contribution is 2.61. The summed E-state index contributed by atoms with van der Waals surface area (Å²) in [4.78, 5) is 25.8. The van der Waals surface area contributed by atoms with Crippen LogP contribution in [0.4, 0.5) is 11.6 Å². The van der Waals surface area contributed by atoms with Gasteiger partial charge in [0.05, 0.1) is 29.7 Å². The SMILES string of the molecule is CC1C(N=C(Nc2ccc3c(=O)n(CCc4ccc(Cl)cc4Cl)c(NCCO)nc3c2)N2CC(O)C2)CC2CC1C2(C)C. The van der Waals surface area contributed by atoms with Gasteiger partial charge in [-0.3, -0.25) is 9.36 Å². The van der Waals surface area contributed by atoms with Crippen LogP contribution in [0, 0.1) is 23.2 Å². The van der Waals surface area contributed by atoms with Gasteiger partial charge in [-0.2, -0.15) is 0 Å². The Hall–Kier alpha value is -2.85. The number of aryl methyl sites for hydroxylation is 1. The predicted molar refractivity (Wildman–Crippen MR) is 173 cm³/mol. The summed E-state index contributed by atoms with van der Waals surface area (Å²) in [7, 11) is 0. The number of likely N-dealkylation sites (tertiary alicyclic amines) is 1. The first kappa shape index (κ1) is 30.2. The molecule has 3 aliphatic carbocycles. The fourth-order valence-corrected chi connectivity index (χ4v) is 7.67. The van der Waals surface area contributed by atoms with Gasteiger partial charge in [0.1, 0.15) is 0 Å². The van der Waals surface area contributed by atoms with Gasteiger partial charge < -0.3 is 25.7 Å². The molecule has 7 rings (SSSR count). The molecule has 4 aliphatic rings. The Morgan fingerprint density at radius 1 is 1.16 bits per heavy atom. The van der Waals surface area contributed by atoms with Gasteiger partial charge in [0.2, 0.25) is 5.95 Å². The number of aliphatic imine (C=N–C) groups is 1. The number of aliphatic hydroxyl groups excluding tert-OH is 2. The highest BCUT2D eigenvalue weighted by Gasteiger charge is 2.56. The van der Waals surface area contributed by atoms with Crippen LogP contribution < -0.4 is 16.2 Å². The van der Waals surface area contributed by atoms with Crippen LogP contribution in [-0.4, -0.2) is 69.0 Å². The van der Waals surface area contributed by atoms with E-state index in [9.17, 15) is 15.0 Å². The molecule has 4 unspecified atom stereocenters. The Balaban J connectivity index is 1.28. The molecule has 11 heteroatoms. The molecule has 4 N–H and O–H groups in total. The van der Waals surface area contributed by atoms with Crippen LogP contribution in [0.5, 0.6) is 0 Å². The van der Waals surface area contributed by atoms with Gasteiger partial charge in [-0.25, -0.2) is 9.98 Å². The van der Waals surface area contributed by atoms with Crippen molar-refractivity contribution >= 4 is 51.7 Å². The quantitative estimate of drug-likeness (QED) is 0.208. The minimum Gasteiger partial charge on any atom is -0.395 e. The van der Waals surface area contributed by atoms with E-state index in [0.29, 0.717) is 76.1 Å². The Morgan fingerprint density at radius 3 is 2.63 bits per heavy atom. The van der Waals surface area contributed by atoms with Crippen LogP contribution in [0.1, 0.15) is 39.2 Å². The first-order valence-corrected chi connectivity index (χ1v) is 15.9. The van der Waals surface area contributed by atoms with E-state index in [-0.39, 0.29) is 30.9 Å². The topological polar surface area (TPSA) is 115 Å². The van der Waals surface area contributed by atoms with Crippen molar-refractivity contribution in [2.45, 2.75) is 58.7 Å². The molecule has 0 spiro atoms. The van der Waals surface area contributed by atoms with E-state index in [2.05, 4.69) is 36.3 Å². The summed E-state index contributed by atoms with van der Waals surface area (Å²) in [5.41, 5.74) is 2.38. The summed E-state index contributed by atoms with van der Waals surface area (Å²) in [5, 5.41) is 27.7. The van der Waals surface area contributed by atoms with Crippen molar-refractivity contribution in [1.29, 1.82) is 0 Å². The lowest BCUT2D eigenvalue weighted by Gasteiger charge is -2.61. The van der Waals surface area contributed by atoms with Crippen molar-refractivity contribution in [2.75, 3.05) is 36.9 Å². The molecular weight excluding hydrogens is 587 g/mol. The number of guanidine groups is 1. The summed E-state index contributed by atoms with van der Waals surface area (Å²) < 4.78 is 1.58. The maximum absolute atomic E-state index is 13.7. The maximum Gasteiger partial charge on any atom is 0.262 e. The van der Waals surface area contributed by atoms with E-state index in [1.165, 1.54) is 6.42 Å². The fourth-order valence-electron chi connectivity index (χ4n) is 7.17. The van der Waals surface area contributed by atoms with Crippen LogP contribution >= 0.6 is 23.2 Å². The van der Waals surface area contributed by atoms with Crippen LogP contribution in [-0.2, 0) is 13.0 Å². The molecule has 1 saturated heterocycles. The zero-order valence-electron chi connectivity index (χ0n) is 24.9. The third-order valence-electron chi connectivity index (χ3n) is 9.99. The minimum atomic E-state index is -0.359. The first-order valence-electron chi connectivity index (χ1n) is 15.2. The number of anilines is 2. The van der Waals surface area contributed by atoms with Gasteiger partial charge in [-0.05, 0) is 78.3 Å². The number of β-amino-alcohol motifs (C(OH)–C–C–N with tert-alkyl or cyclic N) is 1. The number of hydrogen-bond acceptors (Lipinski definition) is 6. The summed E-state index contributed by atoms with van der Waals surface area (Å²) in [6.07, 6.45) is 2.52. The molecule has 3 aromatic rings. The predicted octanol–water partition coefficient (Wildman–Crippen LogP) is 4.87. The monoisotopic (exact) mass is 626 g/mol. The Kier molecular flexibility index (Phi) is 8.37. The molecule has 43 heavy (non-hydrogen) atoms. The van der Waals surface area contributed by atoms with Crippen LogP contribution in [0.3, 0.4) is 0 Å². The number of halogens is 2. The average molecular weight is 628 g/mol. The third-order valence-corrected chi connectivity index (χ3v) is 10.6. The largest absolute Gasteiger partial charge is 0.395 e. The second-order valence-electron chi connectivity index (χ2n) is 12.9. The van der Waals surface area contributed by atoms with E-state index < -0.39 is 0 Å². The highest BCUT2D eigenvalue weighted by atomic mass is 35.5. The second-order valence-corrected chi connectivity index (χ2v) is 13.8. The van der Waals surface area contributed by atoms with E-state index in [1.807, 2.05) is 18.2 Å². The summed E-state index contributed by atoms with van der Waals surface area (Å²) in [6, 6.07) is 11.1. The van der Waals surface area contributed by atoms with Crippen LogP contribution in [0.15, 0.2) is 46.2 Å². The Bertz CT molecular complexity index is 1600. The lowest BCUT2D eigenvalue weighted by atomic mass is 9.45. The van der Waals surface area contributed by atoms with Crippen molar-refractivity contribution in [2.24, 2.45) is 28.2 Å². The smallest absolute Gasteiger partial charge is 0.262 e. The average Bonchev–Trinajstić information content (AvgIpc) is 2.95. The normalized spacial score (nSPS) is 24.9. The molecule has 2 bridgehead atoms. The molecular formula is C32H40Cl2N6O3. The van der Waals surface area contributed by atoms with E-state index in [4.69, 9.17) is 33.2 Å². The van der Waals surface area contributed by atoms with Gasteiger partial charge >= 0.3 is 0 Å². The lowest BCUT2D eigenvalue weighted by molar-refractivity contribution is -0.108. The summed E-state index contributed by atoms with van der Waals surface area (Å²) in [5.74, 6) is 3.00. The first-order chi connectivity index (χ1) is 20.5. The Morgan fingerprint density at radius 2 is 1.95 bits per heavy atom. The molecule has 2 heterocycles. The number of aromatic nitrogens is 2. The summed E-state index contributed by atoms with van der Waals surface area (Å²) >= 11 is 12.4. The van der Waals surface area contributed by atoms with Crippen LogP contribution in [0.2, 0.25) is 10.0 Å². The number of aliphatic hydroxyl groups is 2. The van der Waals surface area contributed by atoms with Crippen molar-refractivity contribution in [3.8, 4) is 0 Å². The zero-order valence-corrected chi connectivity index (χ0v) is 26.4. The van der Waals surface area contributed by atoms with Crippen molar-refractivity contribution in [3.63, 3.8) is 0 Å². The molecule has 1 aromatic heterocycles. The van der Waals surface area contributed by atoms with Crippen molar-refractivity contribution in [3.05, 3.63) is 62.4 Å². The molecule has 3 saturated carbocycles. The highest BCUT2D eigenvalue weighted by molar-refractivity contribution is 6.35. The molecule has 230 valence electrons. The van der Waals surface area contributed by atoms with Crippen molar-refractivity contribution < 1.29 is 10.2 Å². The molecule has 4 fully saturated rings. The molecule has 0 radical (unpaired) electrons. The minimum absolute atomic E-state index is 0.0987. The molecule has 0 amide bonds. The van der Waals surface area contributed by atoms with E-state index in [0.717, 1.165) is 23.6 Å². The maximum atomic E-state index is 13.7. The number of fused-ring (bicyclic) bond motifs is 3. The molecule has 9 nitrogen and oxygen atoms in total. The van der Waals surface area contributed by atoms with Gasteiger partial charge in [0.15, 0.2) is 5.96 Å². The van der Waals surface area contributed by atoms with E-state index >= 15 is 0 Å². The van der Waals surface area contributed by atoms with Crippen molar-refractivity contribution in [1.82, 2.24) is 14.5 Å². The fraction of sp³-hybridized carbons (Fsp3) is 0.531. The number of benzene rings is 2. The second kappa shape index (κ2) is 11.9. The number of nitrogens with zero attached hydrogens (tertiary/aromatic N) is 4. The van der Waals surface area contributed by atoms with Gasteiger partial charge in [-0.1, -0.05) is 50.0 Å². The van der Waals surface area contributed by atoms with Gasteiger partial charge in [0, 0.05) is 41.9 Å². The molecule has 4 atom stereocenters. The molecule has 2 aromatic carbocycles.